The van der Waals surface area contributed by atoms with Gasteiger partial charge < -0.3 is 9.97 Å². The molecule has 0 spiro atoms. The molecule has 0 saturated carbocycles. The molecule has 0 fully saturated rings. The van der Waals surface area contributed by atoms with Crippen LogP contribution in [0.2, 0.25) is 0 Å². The van der Waals surface area contributed by atoms with E-state index in [0.717, 1.165) is 11.1 Å². The van der Waals surface area contributed by atoms with Gasteiger partial charge >= 0.3 is 12.4 Å². The molecule has 0 aliphatic carbocycles. The number of benzene rings is 1. The lowest BCUT2D eigenvalue weighted by atomic mass is 9.96. The van der Waals surface area contributed by atoms with Crippen LogP contribution in [-0.2, 0) is 30.1 Å². The highest BCUT2D eigenvalue weighted by Gasteiger charge is 2.40. The third-order valence-corrected chi connectivity index (χ3v) is 10.3. The monoisotopic (exact) mass is 733 g/mol. The third-order valence-electron chi connectivity index (χ3n) is 10.3. The number of H-pyrrole nitrogens is 2. The summed E-state index contributed by atoms with van der Waals surface area (Å²) in [5.41, 5.74) is 3.56. The number of carbonyl (C=O) groups excluding carboxylic acids is 3. The first-order valence-electron chi connectivity index (χ1n) is 16.9. The van der Waals surface area contributed by atoms with E-state index in [1.54, 1.807) is 32.0 Å². The van der Waals surface area contributed by atoms with Crippen molar-refractivity contribution in [2.45, 2.75) is 79.2 Å². The molecule has 0 radical (unpaired) electrons. The van der Waals surface area contributed by atoms with Gasteiger partial charge in [0.1, 0.15) is 0 Å². The zero-order chi connectivity index (χ0) is 38.5. The summed E-state index contributed by atoms with van der Waals surface area (Å²) in [5.74, 6) is -2.15. The van der Waals surface area contributed by atoms with Crippen molar-refractivity contribution in [3.8, 4) is 0 Å². The second-order valence-electron chi connectivity index (χ2n) is 13.8. The van der Waals surface area contributed by atoms with Gasteiger partial charge in [-0.1, -0.05) is 13.8 Å². The molecule has 6 heterocycles. The second-order valence-corrected chi connectivity index (χ2v) is 13.8. The predicted molar refractivity (Wildman–Crippen MR) is 186 cm³/mol. The fourth-order valence-corrected chi connectivity index (χ4v) is 7.53. The summed E-state index contributed by atoms with van der Waals surface area (Å²) < 4.78 is 82.6. The molecule has 0 unspecified atom stereocenters. The van der Waals surface area contributed by atoms with E-state index >= 15 is 0 Å². The van der Waals surface area contributed by atoms with Gasteiger partial charge in [0.25, 0.3) is 11.8 Å². The topological polar surface area (TPSA) is 112 Å². The number of aromatic nitrogens is 4. The Kier molecular flexibility index (Phi) is 8.30. The number of nitrogens with one attached hydrogen (secondary N) is 2. The van der Waals surface area contributed by atoms with E-state index in [2.05, 4.69) is 9.97 Å². The van der Waals surface area contributed by atoms with Gasteiger partial charge in [-0.15, -0.1) is 0 Å². The molecule has 274 valence electrons. The number of aromatic amines is 2. The van der Waals surface area contributed by atoms with Crippen LogP contribution in [-0.4, -0.2) is 42.4 Å². The SMILES string of the molecule is CCC1=C(C)c2cc3nc(cc4[nH]c(c5c6[nH]c(cc1n2)c(C)c6C(=O)N(Cc1cc(C(F)(F)F)cc(C(F)(F)F)c1)C5=O)C[C@@H]4C)C(C)=C3C(C)=O. The van der Waals surface area contributed by atoms with Crippen molar-refractivity contribution in [2.75, 3.05) is 0 Å². The summed E-state index contributed by atoms with van der Waals surface area (Å²) in [6.07, 6.45) is -9.38. The fraction of sp³-hybridized carbons (Fsp3) is 0.308. The molecule has 2 N–H and O–H groups in total. The average Bonchev–Trinajstić information content (AvgIpc) is 3.77. The Morgan fingerprint density at radius 1 is 0.811 bits per heavy atom. The highest BCUT2D eigenvalue weighted by Crippen LogP contribution is 2.41. The number of Topliss-reactive ketones (excluding diaryl/α,β-unsaturated/α-hetero) is 1. The number of ketones is 1. The van der Waals surface area contributed by atoms with Crippen LogP contribution in [0.5, 0.6) is 0 Å². The van der Waals surface area contributed by atoms with Gasteiger partial charge in [0.2, 0.25) is 0 Å². The second kappa shape index (κ2) is 12.3. The Bertz CT molecular complexity index is 2410. The maximum absolute atomic E-state index is 14.4. The number of aryl methyl sites for hydroxylation is 1. The van der Waals surface area contributed by atoms with E-state index < -0.39 is 47.4 Å². The van der Waals surface area contributed by atoms with Gasteiger partial charge in [-0.05, 0) is 105 Å². The minimum Gasteiger partial charge on any atom is -0.361 e. The molecule has 2 amide bonds. The first-order valence-corrected chi connectivity index (χ1v) is 16.9. The van der Waals surface area contributed by atoms with Gasteiger partial charge in [-0.3, -0.25) is 19.3 Å². The summed E-state index contributed by atoms with van der Waals surface area (Å²) in [6, 6.07) is 6.34. The molecule has 1 aromatic carbocycles. The summed E-state index contributed by atoms with van der Waals surface area (Å²) in [5, 5.41) is 0. The highest BCUT2D eigenvalue weighted by atomic mass is 19.4. The molecule has 8 nitrogen and oxygen atoms in total. The first-order chi connectivity index (χ1) is 24.8. The van der Waals surface area contributed by atoms with E-state index in [0.29, 0.717) is 79.8 Å². The van der Waals surface area contributed by atoms with Crippen LogP contribution in [0, 0.1) is 6.92 Å². The van der Waals surface area contributed by atoms with Crippen LogP contribution in [0.15, 0.2) is 36.4 Å². The number of alkyl halides is 6. The largest absolute Gasteiger partial charge is 0.416 e. The van der Waals surface area contributed by atoms with E-state index in [-0.39, 0.29) is 40.8 Å². The van der Waals surface area contributed by atoms with Crippen LogP contribution < -0.4 is 0 Å². The quantitative estimate of drug-likeness (QED) is 0.205. The molecule has 8 bridgehead atoms. The molecular weight excluding hydrogens is 700 g/mol. The van der Waals surface area contributed by atoms with Gasteiger partial charge in [-0.25, -0.2) is 9.97 Å². The van der Waals surface area contributed by atoms with Crippen LogP contribution in [0.1, 0.15) is 124 Å². The molecule has 7 rings (SSSR count). The number of fused-ring (bicyclic) bond motifs is 8. The zero-order valence-electron chi connectivity index (χ0n) is 29.5. The molecule has 0 saturated heterocycles. The lowest BCUT2D eigenvalue weighted by Gasteiger charge is -2.26. The normalized spacial score (nSPS) is 16.9. The molecular formula is C39H33F6N5O3. The van der Waals surface area contributed by atoms with Crippen molar-refractivity contribution in [1.82, 2.24) is 24.8 Å². The minimum atomic E-state index is -5.12. The third kappa shape index (κ3) is 5.93. The summed E-state index contributed by atoms with van der Waals surface area (Å²) >= 11 is 0. The van der Waals surface area contributed by atoms with E-state index in [9.17, 15) is 40.7 Å². The number of rotatable bonds is 4. The van der Waals surface area contributed by atoms with Gasteiger partial charge in [0, 0.05) is 28.4 Å². The standard InChI is InChI=1S/C39H33F6N5O3/c1-7-24-17(3)26-14-31-32(20(6)51)18(4)27(48-31)12-25-16(2)8-30(46-25)34-35-33(19(5)28(49-35)13-29(24)47-26)36(52)50(37(34)53)15-21-9-22(38(40,41)42)11-23(10-21)39(43,44)45/h9-14,16,46,49H,7-8,15H2,1-6H3/t16-/m0/s1. The molecule has 4 aliphatic rings. The van der Waals surface area contributed by atoms with E-state index in [1.807, 2.05) is 20.8 Å². The fourth-order valence-electron chi connectivity index (χ4n) is 7.53. The number of amides is 2. The molecule has 53 heavy (non-hydrogen) atoms. The highest BCUT2D eigenvalue weighted by molar-refractivity contribution is 6.27. The molecule has 14 heteroatoms. The number of hydrogen-bond donors (Lipinski definition) is 2. The first kappa shape index (κ1) is 35.9. The van der Waals surface area contributed by atoms with Crippen LogP contribution in [0.3, 0.4) is 0 Å². The summed E-state index contributed by atoms with van der Waals surface area (Å²) in [4.78, 5) is 58.5. The summed E-state index contributed by atoms with van der Waals surface area (Å²) in [6.45, 7) is 9.84. The Balaban J connectivity index is 1.53. The predicted octanol–water partition coefficient (Wildman–Crippen LogP) is 9.39. The number of imide groups is 1. The van der Waals surface area contributed by atoms with Crippen molar-refractivity contribution in [1.29, 1.82) is 0 Å². The molecule has 4 aliphatic heterocycles. The van der Waals surface area contributed by atoms with Crippen LogP contribution in [0.25, 0.3) is 33.3 Å². The molecule has 2 aromatic heterocycles. The van der Waals surface area contributed by atoms with Crippen molar-refractivity contribution < 1.29 is 40.7 Å². The maximum atomic E-state index is 14.4. The molecule has 1 atom stereocenters. The van der Waals surface area contributed by atoms with Crippen LogP contribution >= 0.6 is 0 Å². The van der Waals surface area contributed by atoms with E-state index in [1.165, 1.54) is 6.92 Å². The zero-order valence-corrected chi connectivity index (χ0v) is 29.5. The number of allylic oxidation sites excluding steroid dienone is 4. The Morgan fingerprint density at radius 3 is 2.02 bits per heavy atom. The maximum Gasteiger partial charge on any atom is 0.416 e. The van der Waals surface area contributed by atoms with Crippen molar-refractivity contribution in [3.05, 3.63) is 104 Å². The Labute approximate surface area is 299 Å². The van der Waals surface area contributed by atoms with Crippen molar-refractivity contribution >= 4 is 50.9 Å². The van der Waals surface area contributed by atoms with Gasteiger partial charge in [0.05, 0.1) is 57.1 Å². The van der Waals surface area contributed by atoms with Gasteiger partial charge in [-0.2, -0.15) is 26.3 Å². The molecule has 3 aromatic rings. The van der Waals surface area contributed by atoms with Crippen LogP contribution in [0.4, 0.5) is 26.3 Å². The number of nitrogens with zero attached hydrogens (tertiary/aromatic N) is 3. The average molecular weight is 734 g/mol. The Morgan fingerprint density at radius 2 is 1.42 bits per heavy atom. The van der Waals surface area contributed by atoms with E-state index in [4.69, 9.17) is 9.97 Å². The van der Waals surface area contributed by atoms with Crippen molar-refractivity contribution in [3.63, 3.8) is 0 Å². The number of hydrogen-bond acceptors (Lipinski definition) is 5. The number of halogens is 6. The van der Waals surface area contributed by atoms with Crippen molar-refractivity contribution in [2.24, 2.45) is 0 Å². The minimum absolute atomic E-state index is 0.000740. The summed E-state index contributed by atoms with van der Waals surface area (Å²) in [7, 11) is 0. The number of carbonyl (C=O) groups is 3. The lowest BCUT2D eigenvalue weighted by molar-refractivity contribution is -0.143. The smallest absolute Gasteiger partial charge is 0.361 e. The lowest BCUT2D eigenvalue weighted by Crippen LogP contribution is -2.40. The Hall–Kier alpha value is -5.53. The van der Waals surface area contributed by atoms with Gasteiger partial charge in [0.15, 0.2) is 5.78 Å².